The highest BCUT2D eigenvalue weighted by Crippen LogP contribution is 2.21. The first-order valence-corrected chi connectivity index (χ1v) is 9.58. The molecule has 3 nitrogen and oxygen atoms in total. The normalized spacial score (nSPS) is 13.5. The lowest BCUT2D eigenvalue weighted by Gasteiger charge is -2.20. The van der Waals surface area contributed by atoms with Crippen molar-refractivity contribution in [2.75, 3.05) is 6.54 Å². The Kier molecular flexibility index (Phi) is 5.18. The molecule has 0 aliphatic heterocycles. The van der Waals surface area contributed by atoms with Crippen LogP contribution >= 0.6 is 0 Å². The number of rotatable bonds is 6. The van der Waals surface area contributed by atoms with Gasteiger partial charge in [-0.2, -0.15) is 0 Å². The summed E-state index contributed by atoms with van der Waals surface area (Å²) in [4.78, 5) is 0. The molecule has 0 aromatic heterocycles. The minimum absolute atomic E-state index is 0.0829. The quantitative estimate of drug-likeness (QED) is 0.765. The summed E-state index contributed by atoms with van der Waals surface area (Å²) < 4.78 is 5.90. The molecule has 0 radical (unpaired) electrons. The molecule has 0 fully saturated rings. The molecule has 1 aromatic carbocycles. The minimum Gasteiger partial charge on any atom is -0.544 e. The maximum atomic E-state index is 6.07. The summed E-state index contributed by atoms with van der Waals surface area (Å²) in [5.41, 5.74) is 12.7. The minimum atomic E-state index is -1.51. The van der Waals surface area contributed by atoms with E-state index in [0.29, 0.717) is 6.54 Å². The standard InChI is InChI=1S/C13H24N2OSi/c1-17(2,3)16-12-8-6-11(7-9-12)13(15)5-4-10-14/h6-9,13H,4-5,10,14-15H2,1-3H3/t13-/m1/s1. The number of nitrogens with two attached hydrogens (primary N) is 2. The van der Waals surface area contributed by atoms with Gasteiger partial charge in [0.15, 0.2) is 0 Å². The molecule has 4 heteroatoms. The van der Waals surface area contributed by atoms with Gasteiger partial charge in [-0.3, -0.25) is 0 Å². The Labute approximate surface area is 105 Å². The lowest BCUT2D eigenvalue weighted by atomic mass is 10.0. The number of hydrogen-bond donors (Lipinski definition) is 2. The second kappa shape index (κ2) is 6.19. The smallest absolute Gasteiger partial charge is 0.242 e. The molecular formula is C13H24N2OSi. The molecule has 1 atom stereocenters. The highest BCUT2D eigenvalue weighted by molar-refractivity contribution is 6.70. The van der Waals surface area contributed by atoms with Gasteiger partial charge in [-0.25, -0.2) is 0 Å². The van der Waals surface area contributed by atoms with Gasteiger partial charge in [-0.1, -0.05) is 12.1 Å². The van der Waals surface area contributed by atoms with E-state index in [1.807, 2.05) is 12.1 Å². The van der Waals surface area contributed by atoms with Crippen molar-refractivity contribution >= 4 is 8.32 Å². The van der Waals surface area contributed by atoms with E-state index in [9.17, 15) is 0 Å². The lowest BCUT2D eigenvalue weighted by Crippen LogP contribution is -2.29. The van der Waals surface area contributed by atoms with E-state index in [1.165, 1.54) is 0 Å². The fourth-order valence-electron chi connectivity index (χ4n) is 1.64. The van der Waals surface area contributed by atoms with Crippen LogP contribution in [0.4, 0.5) is 0 Å². The monoisotopic (exact) mass is 252 g/mol. The Balaban J connectivity index is 2.61. The average Bonchev–Trinajstić information content (AvgIpc) is 2.24. The van der Waals surface area contributed by atoms with Crippen LogP contribution in [0.5, 0.6) is 5.75 Å². The molecule has 0 aliphatic rings. The van der Waals surface area contributed by atoms with E-state index >= 15 is 0 Å². The first kappa shape index (κ1) is 14.2. The van der Waals surface area contributed by atoms with Crippen LogP contribution in [0.25, 0.3) is 0 Å². The summed E-state index contributed by atoms with van der Waals surface area (Å²) in [7, 11) is -1.51. The zero-order valence-corrected chi connectivity index (χ0v) is 12.1. The molecule has 0 amide bonds. The Bertz CT molecular complexity index is 332. The second-order valence-electron chi connectivity index (χ2n) is 5.32. The average molecular weight is 252 g/mol. The van der Waals surface area contributed by atoms with E-state index in [1.54, 1.807) is 0 Å². The van der Waals surface area contributed by atoms with Gasteiger partial charge in [-0.15, -0.1) is 0 Å². The van der Waals surface area contributed by atoms with E-state index in [2.05, 4.69) is 31.8 Å². The van der Waals surface area contributed by atoms with Crippen molar-refractivity contribution in [3.8, 4) is 5.75 Å². The van der Waals surface area contributed by atoms with Gasteiger partial charge in [-0.05, 0) is 56.7 Å². The van der Waals surface area contributed by atoms with Crippen LogP contribution in [0, 0.1) is 0 Å². The number of benzene rings is 1. The molecule has 17 heavy (non-hydrogen) atoms. The van der Waals surface area contributed by atoms with E-state index in [4.69, 9.17) is 15.9 Å². The van der Waals surface area contributed by atoms with Gasteiger partial charge in [0.2, 0.25) is 8.32 Å². The molecule has 96 valence electrons. The van der Waals surface area contributed by atoms with Gasteiger partial charge < -0.3 is 15.9 Å². The third kappa shape index (κ3) is 5.34. The van der Waals surface area contributed by atoms with Crippen molar-refractivity contribution in [3.05, 3.63) is 29.8 Å². The fraction of sp³-hybridized carbons (Fsp3) is 0.538. The van der Waals surface area contributed by atoms with Crippen LogP contribution < -0.4 is 15.9 Å². The fourth-order valence-corrected chi connectivity index (χ4v) is 2.48. The van der Waals surface area contributed by atoms with Crippen molar-refractivity contribution in [2.24, 2.45) is 11.5 Å². The van der Waals surface area contributed by atoms with E-state index < -0.39 is 8.32 Å². The summed E-state index contributed by atoms with van der Waals surface area (Å²) in [6.07, 6.45) is 1.90. The van der Waals surface area contributed by atoms with Gasteiger partial charge in [0.25, 0.3) is 0 Å². The maximum Gasteiger partial charge on any atom is 0.242 e. The summed E-state index contributed by atoms with van der Waals surface area (Å²) in [5, 5.41) is 0. The lowest BCUT2D eigenvalue weighted by molar-refractivity contribution is 0.556. The first-order valence-electron chi connectivity index (χ1n) is 6.17. The van der Waals surface area contributed by atoms with Crippen LogP contribution in [0.15, 0.2) is 24.3 Å². The molecule has 1 aromatic rings. The summed E-state index contributed by atoms with van der Waals surface area (Å²) in [6, 6.07) is 8.21. The van der Waals surface area contributed by atoms with Crippen LogP contribution in [-0.2, 0) is 0 Å². The van der Waals surface area contributed by atoms with Crippen LogP contribution in [0.3, 0.4) is 0 Å². The zero-order valence-electron chi connectivity index (χ0n) is 11.1. The summed E-state index contributed by atoms with van der Waals surface area (Å²) in [6.45, 7) is 7.22. The molecule has 0 saturated heterocycles. The van der Waals surface area contributed by atoms with E-state index in [0.717, 1.165) is 24.2 Å². The largest absolute Gasteiger partial charge is 0.544 e. The number of hydrogen-bond acceptors (Lipinski definition) is 3. The SMILES string of the molecule is C[Si](C)(C)Oc1ccc([C@H](N)CCCN)cc1. The topological polar surface area (TPSA) is 61.3 Å². The van der Waals surface area contributed by atoms with Crippen molar-refractivity contribution in [3.63, 3.8) is 0 Å². The Morgan fingerprint density at radius 1 is 1.18 bits per heavy atom. The Morgan fingerprint density at radius 2 is 1.76 bits per heavy atom. The third-order valence-electron chi connectivity index (χ3n) is 2.45. The molecule has 0 bridgehead atoms. The van der Waals surface area contributed by atoms with Crippen LogP contribution in [-0.4, -0.2) is 14.9 Å². The van der Waals surface area contributed by atoms with Crippen molar-refractivity contribution < 1.29 is 4.43 Å². The van der Waals surface area contributed by atoms with Gasteiger partial charge in [0.1, 0.15) is 5.75 Å². The van der Waals surface area contributed by atoms with Gasteiger partial charge in [0.05, 0.1) is 0 Å². The van der Waals surface area contributed by atoms with Crippen LogP contribution in [0.1, 0.15) is 24.4 Å². The van der Waals surface area contributed by atoms with Crippen molar-refractivity contribution in [1.29, 1.82) is 0 Å². The molecule has 0 saturated carbocycles. The Hall–Kier alpha value is -0.843. The maximum absolute atomic E-state index is 6.07. The zero-order chi connectivity index (χ0) is 12.9. The third-order valence-corrected chi connectivity index (χ3v) is 3.30. The van der Waals surface area contributed by atoms with E-state index in [-0.39, 0.29) is 6.04 Å². The predicted molar refractivity (Wildman–Crippen MR) is 75.6 cm³/mol. The first-order chi connectivity index (χ1) is 7.92. The molecule has 0 heterocycles. The van der Waals surface area contributed by atoms with Crippen molar-refractivity contribution in [1.82, 2.24) is 0 Å². The molecule has 1 rings (SSSR count). The summed E-state index contributed by atoms with van der Waals surface area (Å²) in [5.74, 6) is 0.943. The van der Waals surface area contributed by atoms with Gasteiger partial charge >= 0.3 is 0 Å². The molecule has 0 unspecified atom stereocenters. The predicted octanol–water partition coefficient (Wildman–Crippen LogP) is 2.64. The summed E-state index contributed by atoms with van der Waals surface area (Å²) >= 11 is 0. The second-order valence-corrected chi connectivity index (χ2v) is 9.75. The van der Waals surface area contributed by atoms with Gasteiger partial charge in [0, 0.05) is 6.04 Å². The molecule has 0 aliphatic carbocycles. The molecule has 0 spiro atoms. The highest BCUT2D eigenvalue weighted by atomic mass is 28.4. The highest BCUT2D eigenvalue weighted by Gasteiger charge is 2.16. The van der Waals surface area contributed by atoms with Crippen molar-refractivity contribution in [2.45, 2.75) is 38.5 Å². The molecular weight excluding hydrogens is 228 g/mol. The molecule has 4 N–H and O–H groups in total. The van der Waals surface area contributed by atoms with Crippen LogP contribution in [0.2, 0.25) is 19.6 Å². The Morgan fingerprint density at radius 3 is 2.24 bits per heavy atom.